The zero-order chi connectivity index (χ0) is 65.6. The normalized spacial score (nSPS) is 11.2. The van der Waals surface area contributed by atoms with Crippen molar-refractivity contribution in [3.05, 3.63) is 350 Å². The van der Waals surface area contributed by atoms with Gasteiger partial charge in [-0.2, -0.15) is 10.5 Å². The molecule has 0 aliphatic heterocycles. The summed E-state index contributed by atoms with van der Waals surface area (Å²) >= 11 is 0. The quantitative estimate of drug-likeness (QED) is 0.113. The molecule has 0 aliphatic rings. The molecule has 454 valence electrons. The zero-order valence-electron chi connectivity index (χ0n) is 52.8. The molecule has 0 N–H and O–H groups in total. The standard InChI is InChI=1S/C90H54N8/c1-93-83-28-15-14-27-76(83)70-25-16-26-71(49-70)88-94-89(81-54-72(41-43-74(81)64-33-29-58(56-91)30-34-64)97-84-45-37-66(60-17-6-2-7-18-60)50-77(84)78-51-67(38-46-85(78)97)61-19-8-3-9-20-61)96-90(95-88)82-55-73(42-44-75(82)65-35-31-59(57-92)32-36-65)98-86-47-39-68(62-21-10-4-11-22-62)52-79(86)80-53-69(40-48-87(80)98)63-23-12-5-13-24-63/h2-55H. The summed E-state index contributed by atoms with van der Waals surface area (Å²) in [4.78, 5) is 20.9. The van der Waals surface area contributed by atoms with Crippen LogP contribution in [0.5, 0.6) is 0 Å². The van der Waals surface area contributed by atoms with Crippen LogP contribution in [-0.2, 0) is 0 Å². The van der Waals surface area contributed by atoms with Gasteiger partial charge in [-0.25, -0.2) is 19.8 Å². The molecule has 0 saturated carbocycles. The van der Waals surface area contributed by atoms with Gasteiger partial charge in [0, 0.05) is 49.6 Å². The summed E-state index contributed by atoms with van der Waals surface area (Å²) in [5.74, 6) is 1.23. The molecule has 0 fully saturated rings. The van der Waals surface area contributed by atoms with E-state index in [4.69, 9.17) is 21.5 Å². The number of nitrogens with zero attached hydrogens (tertiary/aromatic N) is 8. The number of hydrogen-bond acceptors (Lipinski definition) is 5. The molecule has 0 saturated heterocycles. The highest BCUT2D eigenvalue weighted by molar-refractivity contribution is 6.13. The van der Waals surface area contributed by atoms with Crippen molar-refractivity contribution >= 4 is 49.3 Å². The van der Waals surface area contributed by atoms with E-state index >= 15 is 0 Å². The molecule has 0 unspecified atom stereocenters. The van der Waals surface area contributed by atoms with Gasteiger partial charge in [-0.05, 0) is 181 Å². The Kier molecular flexibility index (Phi) is 14.5. The van der Waals surface area contributed by atoms with Gasteiger partial charge in [0.15, 0.2) is 23.2 Å². The molecule has 0 aliphatic carbocycles. The Balaban J connectivity index is 0.937. The fourth-order valence-electron chi connectivity index (χ4n) is 13.9. The molecule has 98 heavy (non-hydrogen) atoms. The average Bonchev–Trinajstić information content (AvgIpc) is 1.59. The third-order valence-electron chi connectivity index (χ3n) is 18.7. The van der Waals surface area contributed by atoms with Crippen LogP contribution in [0.25, 0.3) is 172 Å². The van der Waals surface area contributed by atoms with Gasteiger partial charge in [-0.1, -0.05) is 224 Å². The van der Waals surface area contributed by atoms with Crippen molar-refractivity contribution in [2.75, 3.05) is 0 Å². The first-order chi connectivity index (χ1) is 48.4. The van der Waals surface area contributed by atoms with E-state index in [-0.39, 0.29) is 0 Å². The van der Waals surface area contributed by atoms with Gasteiger partial charge in [0.25, 0.3) is 0 Å². The summed E-state index contributed by atoms with van der Waals surface area (Å²) in [5, 5.41) is 24.7. The van der Waals surface area contributed by atoms with Crippen LogP contribution in [-0.4, -0.2) is 24.1 Å². The van der Waals surface area contributed by atoms with Crippen LogP contribution in [0, 0.1) is 29.2 Å². The molecule has 0 radical (unpaired) electrons. The van der Waals surface area contributed by atoms with E-state index in [0.29, 0.717) is 34.3 Å². The number of benzene rings is 14. The lowest BCUT2D eigenvalue weighted by Crippen LogP contribution is -2.04. The van der Waals surface area contributed by atoms with Crippen molar-refractivity contribution in [1.82, 2.24) is 24.1 Å². The minimum Gasteiger partial charge on any atom is -0.309 e. The summed E-state index contributed by atoms with van der Waals surface area (Å²) in [6.45, 7) is 8.18. The zero-order valence-corrected chi connectivity index (χ0v) is 52.8. The first kappa shape index (κ1) is 58.0. The van der Waals surface area contributed by atoms with Gasteiger partial charge in [0.05, 0.1) is 51.9 Å². The molecule has 0 bridgehead atoms. The van der Waals surface area contributed by atoms with Crippen LogP contribution in [0.4, 0.5) is 5.69 Å². The molecule has 14 aromatic carbocycles. The van der Waals surface area contributed by atoms with Gasteiger partial charge >= 0.3 is 0 Å². The SMILES string of the molecule is [C-]#[N+]c1ccccc1-c1cccc(-c2nc(-c3cc(-n4c5ccc(-c6ccccc6)cc5c5cc(-c6ccccc6)ccc54)ccc3-c3ccc(C#N)cc3)nc(-c3cc(-n4c5ccc(-c6ccccc6)cc5c5cc(-c6ccccc6)ccc54)ccc3-c3ccc(C#N)cc3)n2)c1. The van der Waals surface area contributed by atoms with E-state index in [1.807, 2.05) is 115 Å². The van der Waals surface area contributed by atoms with Crippen molar-refractivity contribution in [2.24, 2.45) is 0 Å². The maximum absolute atomic E-state index is 10.1. The summed E-state index contributed by atoms with van der Waals surface area (Å²) < 4.78 is 4.68. The molecule has 3 heterocycles. The van der Waals surface area contributed by atoms with Gasteiger partial charge in [0.2, 0.25) is 0 Å². The van der Waals surface area contributed by atoms with Crippen molar-refractivity contribution in [2.45, 2.75) is 0 Å². The van der Waals surface area contributed by atoms with Crippen LogP contribution >= 0.6 is 0 Å². The molecular weight excluding hydrogens is 1190 g/mol. The topological polar surface area (TPSA) is 100 Å². The first-order valence-corrected chi connectivity index (χ1v) is 32.4. The van der Waals surface area contributed by atoms with Crippen molar-refractivity contribution in [1.29, 1.82) is 10.5 Å². The van der Waals surface area contributed by atoms with E-state index in [1.54, 1.807) is 0 Å². The third-order valence-corrected chi connectivity index (χ3v) is 18.7. The van der Waals surface area contributed by atoms with Crippen LogP contribution in [0.1, 0.15) is 11.1 Å². The number of hydrogen-bond donors (Lipinski definition) is 0. The Morgan fingerprint density at radius 3 is 0.969 bits per heavy atom. The second kappa shape index (κ2) is 24.6. The van der Waals surface area contributed by atoms with Crippen molar-refractivity contribution in [3.8, 4) is 136 Å². The molecule has 17 aromatic rings. The van der Waals surface area contributed by atoms with Gasteiger partial charge < -0.3 is 9.13 Å². The van der Waals surface area contributed by atoms with E-state index in [9.17, 15) is 10.5 Å². The predicted molar refractivity (Wildman–Crippen MR) is 399 cm³/mol. The summed E-state index contributed by atoms with van der Waals surface area (Å²) in [5.41, 5.74) is 23.7. The van der Waals surface area contributed by atoms with Crippen molar-refractivity contribution in [3.63, 3.8) is 0 Å². The Morgan fingerprint density at radius 1 is 0.255 bits per heavy atom. The highest BCUT2D eigenvalue weighted by Crippen LogP contribution is 2.44. The molecule has 0 amide bonds. The first-order valence-electron chi connectivity index (χ1n) is 32.4. The van der Waals surface area contributed by atoms with E-state index in [2.05, 4.69) is 238 Å². The Labute approximate surface area is 566 Å². The lowest BCUT2D eigenvalue weighted by atomic mass is 9.96. The van der Waals surface area contributed by atoms with Gasteiger partial charge in [-0.15, -0.1) is 0 Å². The highest BCUT2D eigenvalue weighted by atomic mass is 15.0. The summed E-state index contributed by atoms with van der Waals surface area (Å²) in [6, 6.07) is 118. The summed E-state index contributed by atoms with van der Waals surface area (Å²) in [7, 11) is 0. The molecule has 3 aromatic heterocycles. The number of rotatable bonds is 12. The molecule has 17 rings (SSSR count). The van der Waals surface area contributed by atoms with E-state index in [1.165, 1.54) is 0 Å². The minimum atomic E-state index is 0.409. The number of aromatic nitrogens is 5. The highest BCUT2D eigenvalue weighted by Gasteiger charge is 2.24. The molecule has 8 nitrogen and oxygen atoms in total. The Bertz CT molecular complexity index is 5590. The second-order valence-corrected chi connectivity index (χ2v) is 24.4. The summed E-state index contributed by atoms with van der Waals surface area (Å²) in [6.07, 6.45) is 0. The van der Waals surface area contributed by atoms with Crippen LogP contribution in [0.3, 0.4) is 0 Å². The van der Waals surface area contributed by atoms with Gasteiger partial charge in [0.1, 0.15) is 0 Å². The molecular formula is C90H54N8. The predicted octanol–water partition coefficient (Wildman–Crippen LogP) is 23.0. The fourth-order valence-corrected chi connectivity index (χ4v) is 13.9. The largest absolute Gasteiger partial charge is 0.309 e. The Hall–Kier alpha value is -13.8. The lowest BCUT2D eigenvalue weighted by Gasteiger charge is -2.18. The van der Waals surface area contributed by atoms with E-state index in [0.717, 1.165) is 150 Å². The fraction of sp³-hybridized carbons (Fsp3) is 0. The van der Waals surface area contributed by atoms with Crippen LogP contribution in [0.15, 0.2) is 328 Å². The third kappa shape index (κ3) is 10.5. The lowest BCUT2D eigenvalue weighted by molar-refractivity contribution is 1.07. The second-order valence-electron chi connectivity index (χ2n) is 24.4. The average molecular weight is 1250 g/mol. The molecule has 0 atom stereocenters. The van der Waals surface area contributed by atoms with Crippen LogP contribution in [0.2, 0.25) is 0 Å². The number of para-hydroxylation sites is 1. The van der Waals surface area contributed by atoms with Crippen molar-refractivity contribution < 1.29 is 0 Å². The maximum Gasteiger partial charge on any atom is 0.194 e. The maximum atomic E-state index is 10.1. The monoisotopic (exact) mass is 1250 g/mol. The van der Waals surface area contributed by atoms with Crippen LogP contribution < -0.4 is 0 Å². The molecule has 0 spiro atoms. The smallest absolute Gasteiger partial charge is 0.194 e. The minimum absolute atomic E-state index is 0.409. The van der Waals surface area contributed by atoms with E-state index < -0.39 is 0 Å². The molecule has 8 heteroatoms. The number of fused-ring (bicyclic) bond motifs is 6. The Morgan fingerprint density at radius 2 is 0.592 bits per heavy atom. The van der Waals surface area contributed by atoms with Gasteiger partial charge in [-0.3, -0.25) is 0 Å². The number of nitriles is 2.